The second-order valence-corrected chi connectivity index (χ2v) is 3.76. The van der Waals surface area contributed by atoms with Gasteiger partial charge in [0, 0.05) is 13.1 Å². The van der Waals surface area contributed by atoms with Crippen LogP contribution in [0.5, 0.6) is 0 Å². The average molecular weight is 246 g/mol. The van der Waals surface area contributed by atoms with Gasteiger partial charge in [0.25, 0.3) is 0 Å². The SMILES string of the molecule is CN(C)CCNC(=O)N[C@H](CC(N)=O)C(=O)O. The first kappa shape index (κ1) is 15.2. The van der Waals surface area contributed by atoms with Crippen molar-refractivity contribution in [1.82, 2.24) is 15.5 Å². The van der Waals surface area contributed by atoms with E-state index in [0.29, 0.717) is 13.1 Å². The Morgan fingerprint density at radius 1 is 1.35 bits per heavy atom. The summed E-state index contributed by atoms with van der Waals surface area (Å²) in [7, 11) is 3.68. The Morgan fingerprint density at radius 3 is 2.35 bits per heavy atom. The van der Waals surface area contributed by atoms with Crippen LogP contribution >= 0.6 is 0 Å². The van der Waals surface area contributed by atoms with Crippen molar-refractivity contribution >= 4 is 17.9 Å². The molecule has 0 aromatic rings. The van der Waals surface area contributed by atoms with Gasteiger partial charge >= 0.3 is 12.0 Å². The van der Waals surface area contributed by atoms with Crippen molar-refractivity contribution < 1.29 is 19.5 Å². The van der Waals surface area contributed by atoms with E-state index in [2.05, 4.69) is 10.6 Å². The number of amides is 3. The maximum Gasteiger partial charge on any atom is 0.326 e. The molecule has 5 N–H and O–H groups in total. The number of primary amides is 1. The summed E-state index contributed by atoms with van der Waals surface area (Å²) in [4.78, 5) is 34.4. The van der Waals surface area contributed by atoms with Crippen LogP contribution in [0.2, 0.25) is 0 Å². The Kier molecular flexibility index (Phi) is 6.64. The first-order valence-electron chi connectivity index (χ1n) is 5.03. The van der Waals surface area contributed by atoms with Gasteiger partial charge in [-0.2, -0.15) is 0 Å². The van der Waals surface area contributed by atoms with Crippen LogP contribution in [0.25, 0.3) is 0 Å². The van der Waals surface area contributed by atoms with Crippen molar-refractivity contribution in [3.63, 3.8) is 0 Å². The van der Waals surface area contributed by atoms with Crippen LogP contribution in [-0.4, -0.2) is 61.1 Å². The topological polar surface area (TPSA) is 125 Å². The fourth-order valence-corrected chi connectivity index (χ4v) is 1.00. The van der Waals surface area contributed by atoms with Crippen molar-refractivity contribution in [2.24, 2.45) is 5.73 Å². The summed E-state index contributed by atoms with van der Waals surface area (Å²) < 4.78 is 0. The van der Waals surface area contributed by atoms with Crippen molar-refractivity contribution in [3.8, 4) is 0 Å². The zero-order chi connectivity index (χ0) is 13.4. The minimum absolute atomic E-state index is 0.377. The van der Waals surface area contributed by atoms with Crippen molar-refractivity contribution in [1.29, 1.82) is 0 Å². The average Bonchev–Trinajstić information content (AvgIpc) is 2.15. The number of nitrogens with one attached hydrogen (secondary N) is 2. The molecule has 1 atom stereocenters. The predicted molar refractivity (Wildman–Crippen MR) is 60.3 cm³/mol. The normalized spacial score (nSPS) is 11.9. The molecule has 0 bridgehead atoms. The Labute approximate surface area is 99.1 Å². The first-order valence-corrected chi connectivity index (χ1v) is 5.03. The summed E-state index contributed by atoms with van der Waals surface area (Å²) in [6, 6.07) is -1.94. The summed E-state index contributed by atoms with van der Waals surface area (Å²) >= 11 is 0. The molecule has 0 saturated carbocycles. The monoisotopic (exact) mass is 246 g/mol. The van der Waals surface area contributed by atoms with Gasteiger partial charge < -0.3 is 26.4 Å². The van der Waals surface area contributed by atoms with E-state index in [1.807, 2.05) is 19.0 Å². The van der Waals surface area contributed by atoms with Crippen LogP contribution in [0.15, 0.2) is 0 Å². The van der Waals surface area contributed by atoms with E-state index in [1.165, 1.54) is 0 Å². The number of aliphatic carboxylic acids is 1. The van der Waals surface area contributed by atoms with E-state index < -0.39 is 30.4 Å². The highest BCUT2D eigenvalue weighted by molar-refractivity contribution is 5.87. The maximum absolute atomic E-state index is 11.3. The molecule has 98 valence electrons. The molecule has 0 unspecified atom stereocenters. The Bertz CT molecular complexity index is 293. The number of carbonyl (C=O) groups excluding carboxylic acids is 2. The Hall–Kier alpha value is -1.83. The Morgan fingerprint density at radius 2 is 1.94 bits per heavy atom. The number of likely N-dealkylation sites (N-methyl/N-ethyl adjacent to an activating group) is 1. The molecule has 8 nitrogen and oxygen atoms in total. The van der Waals surface area contributed by atoms with Gasteiger partial charge in [-0.1, -0.05) is 0 Å². The number of rotatable bonds is 7. The van der Waals surface area contributed by atoms with Gasteiger partial charge in [-0.25, -0.2) is 9.59 Å². The zero-order valence-electron chi connectivity index (χ0n) is 9.90. The first-order chi connectivity index (χ1) is 7.82. The maximum atomic E-state index is 11.3. The number of carboxylic acid groups (broad SMARTS) is 1. The summed E-state index contributed by atoms with van der Waals surface area (Å²) in [5.41, 5.74) is 4.87. The minimum atomic E-state index is -1.30. The van der Waals surface area contributed by atoms with E-state index in [-0.39, 0.29) is 0 Å². The summed E-state index contributed by atoms with van der Waals surface area (Å²) in [6.07, 6.45) is -0.434. The number of carboxylic acids is 1. The van der Waals surface area contributed by atoms with Crippen LogP contribution < -0.4 is 16.4 Å². The molecule has 0 rings (SSSR count). The standard InChI is InChI=1S/C9H18N4O4/c1-13(2)4-3-11-9(17)12-6(8(15)16)5-7(10)14/h6H,3-5H2,1-2H3,(H2,10,14)(H,15,16)(H2,11,12,17)/t6-/m1/s1. The van der Waals surface area contributed by atoms with Gasteiger partial charge in [-0.3, -0.25) is 4.79 Å². The second-order valence-electron chi connectivity index (χ2n) is 3.76. The van der Waals surface area contributed by atoms with Crippen LogP contribution in [0, 0.1) is 0 Å². The van der Waals surface area contributed by atoms with Crippen molar-refractivity contribution in [3.05, 3.63) is 0 Å². The van der Waals surface area contributed by atoms with E-state index >= 15 is 0 Å². The number of carbonyl (C=O) groups is 3. The van der Waals surface area contributed by atoms with Crippen LogP contribution in [0.3, 0.4) is 0 Å². The number of hydrogen-bond donors (Lipinski definition) is 4. The largest absolute Gasteiger partial charge is 0.480 e. The molecule has 0 aliphatic carbocycles. The lowest BCUT2D eigenvalue weighted by atomic mass is 10.2. The molecule has 0 aromatic heterocycles. The van der Waals surface area contributed by atoms with Crippen molar-refractivity contribution in [2.45, 2.75) is 12.5 Å². The minimum Gasteiger partial charge on any atom is -0.480 e. The Balaban J connectivity index is 4.04. The fourth-order valence-electron chi connectivity index (χ4n) is 1.00. The van der Waals surface area contributed by atoms with Gasteiger partial charge in [0.15, 0.2) is 0 Å². The molecule has 0 aromatic carbocycles. The zero-order valence-corrected chi connectivity index (χ0v) is 9.90. The van der Waals surface area contributed by atoms with Crippen LogP contribution in [0.1, 0.15) is 6.42 Å². The number of nitrogens with zero attached hydrogens (tertiary/aromatic N) is 1. The highest BCUT2D eigenvalue weighted by Crippen LogP contribution is 1.91. The smallest absolute Gasteiger partial charge is 0.326 e. The third-order valence-corrected chi connectivity index (χ3v) is 1.85. The third kappa shape index (κ3) is 8.03. The highest BCUT2D eigenvalue weighted by Gasteiger charge is 2.21. The van der Waals surface area contributed by atoms with Gasteiger partial charge in [0.1, 0.15) is 6.04 Å². The molecule has 0 saturated heterocycles. The number of hydrogen-bond acceptors (Lipinski definition) is 4. The van der Waals surface area contributed by atoms with Gasteiger partial charge in [-0.05, 0) is 14.1 Å². The molecule has 17 heavy (non-hydrogen) atoms. The van der Waals surface area contributed by atoms with E-state index in [1.54, 1.807) is 0 Å². The number of nitrogens with two attached hydrogens (primary N) is 1. The molecule has 0 aliphatic rings. The molecule has 0 aliphatic heterocycles. The molecule has 0 radical (unpaired) electrons. The molecule has 0 spiro atoms. The molecule has 0 fully saturated rings. The van der Waals surface area contributed by atoms with Gasteiger partial charge in [0.2, 0.25) is 5.91 Å². The lowest BCUT2D eigenvalue weighted by Crippen LogP contribution is -2.48. The molecule has 3 amide bonds. The predicted octanol–water partition coefficient (Wildman–Crippen LogP) is -1.82. The fraction of sp³-hybridized carbons (Fsp3) is 0.667. The molecular weight excluding hydrogens is 228 g/mol. The molecule has 0 heterocycles. The number of urea groups is 1. The van der Waals surface area contributed by atoms with E-state index in [0.717, 1.165) is 0 Å². The third-order valence-electron chi connectivity index (χ3n) is 1.85. The lowest BCUT2D eigenvalue weighted by molar-refractivity contribution is -0.140. The second kappa shape index (κ2) is 7.44. The highest BCUT2D eigenvalue weighted by atomic mass is 16.4. The quantitative estimate of drug-likeness (QED) is 0.421. The summed E-state index contributed by atoms with van der Waals surface area (Å²) in [5.74, 6) is -2.09. The van der Waals surface area contributed by atoms with Gasteiger partial charge in [0.05, 0.1) is 6.42 Å². The summed E-state index contributed by atoms with van der Waals surface area (Å²) in [6.45, 7) is 1.00. The van der Waals surface area contributed by atoms with Crippen molar-refractivity contribution in [2.75, 3.05) is 27.2 Å². The lowest BCUT2D eigenvalue weighted by Gasteiger charge is -2.14. The summed E-state index contributed by atoms with van der Waals surface area (Å²) in [5, 5.41) is 13.3. The van der Waals surface area contributed by atoms with Crippen LogP contribution in [-0.2, 0) is 9.59 Å². The van der Waals surface area contributed by atoms with Crippen LogP contribution in [0.4, 0.5) is 4.79 Å². The molecular formula is C9H18N4O4. The molecule has 8 heteroatoms. The van der Waals surface area contributed by atoms with E-state index in [9.17, 15) is 14.4 Å². The van der Waals surface area contributed by atoms with Gasteiger partial charge in [-0.15, -0.1) is 0 Å². The van der Waals surface area contributed by atoms with E-state index in [4.69, 9.17) is 10.8 Å².